The lowest BCUT2D eigenvalue weighted by Crippen LogP contribution is -2.42. The lowest BCUT2D eigenvalue weighted by molar-refractivity contribution is -0.117. The molecule has 3 aromatic rings. The number of halogens is 1. The normalized spacial score (nSPS) is 15.1. The number of hydrogen-bond donors (Lipinski definition) is 2. The fraction of sp³-hybridized carbons (Fsp3) is 0.360. The zero-order valence-electron chi connectivity index (χ0n) is 19.8. The zero-order valence-corrected chi connectivity index (χ0v) is 20.7. The summed E-state index contributed by atoms with van der Waals surface area (Å²) >= 11 is 1.62. The molecule has 9 heteroatoms. The van der Waals surface area contributed by atoms with Crippen LogP contribution in [0.2, 0.25) is 0 Å². The highest BCUT2D eigenvalue weighted by Crippen LogP contribution is 2.27. The Hall–Kier alpha value is -3.33. The van der Waals surface area contributed by atoms with E-state index in [1.807, 2.05) is 6.92 Å². The summed E-state index contributed by atoms with van der Waals surface area (Å²) in [4.78, 5) is 44.7. The van der Waals surface area contributed by atoms with E-state index >= 15 is 0 Å². The van der Waals surface area contributed by atoms with Crippen molar-refractivity contribution < 1.29 is 18.8 Å². The van der Waals surface area contributed by atoms with Crippen LogP contribution in [-0.4, -0.2) is 33.2 Å². The number of hydrogen-bond acceptors (Lipinski definition) is 5. The Morgan fingerprint density at radius 1 is 1.18 bits per heavy atom. The summed E-state index contributed by atoms with van der Waals surface area (Å²) in [6.07, 6.45) is 2.16. The number of aromatic nitrogens is 2. The molecule has 4 rings (SSSR count). The maximum absolute atomic E-state index is 13.6. The number of carbonyl (C=O) groups excluding carboxylic acids is 3. The molecule has 1 aliphatic rings. The number of fused-ring (bicyclic) bond motifs is 1. The summed E-state index contributed by atoms with van der Waals surface area (Å²) in [5.74, 6) is -2.13. The van der Waals surface area contributed by atoms with Gasteiger partial charge in [-0.15, -0.1) is 11.3 Å². The molecule has 34 heavy (non-hydrogen) atoms. The van der Waals surface area contributed by atoms with E-state index in [0.29, 0.717) is 34.5 Å². The Balaban J connectivity index is 1.52. The average Bonchev–Trinajstić information content (AvgIpc) is 3.25. The number of anilines is 1. The van der Waals surface area contributed by atoms with Gasteiger partial charge in [-0.2, -0.15) is 0 Å². The van der Waals surface area contributed by atoms with E-state index in [4.69, 9.17) is 0 Å². The molecule has 0 saturated heterocycles. The van der Waals surface area contributed by atoms with Gasteiger partial charge in [0.2, 0.25) is 0 Å². The number of amides is 2. The second kappa shape index (κ2) is 9.13. The number of ketones is 1. The van der Waals surface area contributed by atoms with E-state index in [1.54, 1.807) is 49.8 Å². The summed E-state index contributed by atoms with van der Waals surface area (Å²) in [5.41, 5.74) is 3.44. The second-order valence-corrected chi connectivity index (χ2v) is 10.0. The zero-order chi connectivity index (χ0) is 24.7. The summed E-state index contributed by atoms with van der Waals surface area (Å²) in [6, 6.07) is 4.18. The van der Waals surface area contributed by atoms with Crippen molar-refractivity contribution in [3.8, 4) is 0 Å². The standard InChI is InChI=1S/C25H27FN4O3S/c1-12-10-16(6-8-18(12)26)28-24(32)21-13(2)22(30(5)14(21)3)23(31)25(33)29-17-7-9-19-20(11-17)34-15(4)27-19/h6,8,10,17H,7,9,11H2,1-5H3,(H,28,32)(H,29,33)/t17-/m0/s1. The highest BCUT2D eigenvalue weighted by atomic mass is 32.1. The van der Waals surface area contributed by atoms with E-state index in [-0.39, 0.29) is 17.6 Å². The van der Waals surface area contributed by atoms with Crippen LogP contribution >= 0.6 is 11.3 Å². The first-order valence-electron chi connectivity index (χ1n) is 11.1. The van der Waals surface area contributed by atoms with Gasteiger partial charge in [-0.05, 0) is 69.9 Å². The minimum absolute atomic E-state index is 0.130. The van der Waals surface area contributed by atoms with Gasteiger partial charge >= 0.3 is 0 Å². The van der Waals surface area contributed by atoms with Crippen molar-refractivity contribution in [3.05, 3.63) is 67.7 Å². The SMILES string of the molecule is Cc1nc2c(s1)C[C@@H](NC(=O)C(=O)c1c(C)c(C(=O)Nc3ccc(F)c(C)c3)c(C)n1C)CC2. The van der Waals surface area contributed by atoms with Crippen LogP contribution in [0.15, 0.2) is 18.2 Å². The van der Waals surface area contributed by atoms with Crippen LogP contribution in [0.25, 0.3) is 0 Å². The van der Waals surface area contributed by atoms with Crippen molar-refractivity contribution in [1.82, 2.24) is 14.9 Å². The largest absolute Gasteiger partial charge is 0.346 e. The molecule has 1 atom stereocenters. The first-order valence-corrected chi connectivity index (χ1v) is 11.9. The average molecular weight is 483 g/mol. The molecule has 1 aromatic carbocycles. The number of rotatable bonds is 5. The molecule has 0 spiro atoms. The van der Waals surface area contributed by atoms with Gasteiger partial charge in [0.05, 0.1) is 22.0 Å². The third-order valence-corrected chi connectivity index (χ3v) is 7.41. The monoisotopic (exact) mass is 482 g/mol. The van der Waals surface area contributed by atoms with Gasteiger partial charge < -0.3 is 15.2 Å². The van der Waals surface area contributed by atoms with Gasteiger partial charge in [0.1, 0.15) is 5.82 Å². The van der Waals surface area contributed by atoms with E-state index in [2.05, 4.69) is 15.6 Å². The van der Waals surface area contributed by atoms with Crippen molar-refractivity contribution in [2.45, 2.75) is 53.0 Å². The number of Topliss-reactive ketones (excluding diaryl/α,β-unsaturated/α-hetero) is 1. The highest BCUT2D eigenvalue weighted by molar-refractivity contribution is 7.11. The first-order chi connectivity index (χ1) is 16.1. The van der Waals surface area contributed by atoms with E-state index in [0.717, 1.165) is 28.4 Å². The summed E-state index contributed by atoms with van der Waals surface area (Å²) in [7, 11) is 1.66. The molecule has 2 N–H and O–H groups in total. The van der Waals surface area contributed by atoms with Gasteiger partial charge in [-0.25, -0.2) is 9.37 Å². The molecule has 0 radical (unpaired) electrons. The third kappa shape index (κ3) is 4.40. The van der Waals surface area contributed by atoms with Gasteiger partial charge in [-0.1, -0.05) is 0 Å². The lowest BCUT2D eigenvalue weighted by Gasteiger charge is -2.22. The Bertz CT molecular complexity index is 1320. The fourth-order valence-corrected chi connectivity index (χ4v) is 5.60. The molecule has 0 saturated carbocycles. The van der Waals surface area contributed by atoms with Crippen molar-refractivity contribution in [2.24, 2.45) is 7.05 Å². The highest BCUT2D eigenvalue weighted by Gasteiger charge is 2.31. The first kappa shape index (κ1) is 23.8. The minimum Gasteiger partial charge on any atom is -0.346 e. The number of nitrogens with zero attached hydrogens (tertiary/aromatic N) is 2. The van der Waals surface area contributed by atoms with Crippen LogP contribution in [-0.2, 0) is 24.7 Å². The maximum atomic E-state index is 13.6. The summed E-state index contributed by atoms with van der Waals surface area (Å²) in [5, 5.41) is 6.63. The van der Waals surface area contributed by atoms with Crippen molar-refractivity contribution in [3.63, 3.8) is 0 Å². The van der Waals surface area contributed by atoms with Crippen molar-refractivity contribution in [1.29, 1.82) is 0 Å². The predicted molar refractivity (Wildman–Crippen MR) is 129 cm³/mol. The predicted octanol–water partition coefficient (Wildman–Crippen LogP) is 3.96. The summed E-state index contributed by atoms with van der Waals surface area (Å²) < 4.78 is 15.1. The van der Waals surface area contributed by atoms with Crippen LogP contribution in [0, 0.1) is 33.5 Å². The number of benzene rings is 1. The van der Waals surface area contributed by atoms with Crippen molar-refractivity contribution in [2.75, 3.05) is 5.32 Å². The maximum Gasteiger partial charge on any atom is 0.294 e. The molecular formula is C25H27FN4O3S. The van der Waals surface area contributed by atoms with E-state index in [1.165, 1.54) is 12.1 Å². The second-order valence-electron chi connectivity index (χ2n) is 8.76. The Morgan fingerprint density at radius 3 is 2.62 bits per heavy atom. The molecule has 0 fully saturated rings. The Kier molecular flexibility index (Phi) is 6.40. The van der Waals surface area contributed by atoms with E-state index < -0.39 is 17.6 Å². The molecule has 2 amide bonds. The molecule has 0 bridgehead atoms. The number of thiazole rings is 1. The molecule has 7 nitrogen and oxygen atoms in total. The van der Waals surface area contributed by atoms with Crippen LogP contribution in [0.3, 0.4) is 0 Å². The number of nitrogens with one attached hydrogen (secondary N) is 2. The van der Waals surface area contributed by atoms with Crippen LogP contribution in [0.4, 0.5) is 10.1 Å². The van der Waals surface area contributed by atoms with Crippen LogP contribution in [0.5, 0.6) is 0 Å². The van der Waals surface area contributed by atoms with Gasteiger partial charge in [-0.3, -0.25) is 14.4 Å². The number of carbonyl (C=O) groups is 3. The molecule has 0 unspecified atom stereocenters. The molecule has 2 aromatic heterocycles. The molecule has 178 valence electrons. The minimum atomic E-state index is -0.681. The molecule has 1 aliphatic carbocycles. The smallest absolute Gasteiger partial charge is 0.294 e. The summed E-state index contributed by atoms with van der Waals surface area (Å²) in [6.45, 7) is 6.96. The van der Waals surface area contributed by atoms with Crippen LogP contribution < -0.4 is 10.6 Å². The van der Waals surface area contributed by atoms with Gasteiger partial charge in [0, 0.05) is 35.8 Å². The molecule has 0 aliphatic heterocycles. The molecular weight excluding hydrogens is 455 g/mol. The fourth-order valence-electron chi connectivity index (χ4n) is 4.54. The molecule has 2 heterocycles. The van der Waals surface area contributed by atoms with Gasteiger partial charge in [0.15, 0.2) is 0 Å². The Morgan fingerprint density at radius 2 is 1.91 bits per heavy atom. The lowest BCUT2D eigenvalue weighted by atomic mass is 9.97. The van der Waals surface area contributed by atoms with Crippen molar-refractivity contribution >= 4 is 34.6 Å². The quantitative estimate of drug-likeness (QED) is 0.425. The number of aryl methyl sites for hydroxylation is 3. The Labute approximate surface area is 201 Å². The third-order valence-electron chi connectivity index (χ3n) is 6.38. The van der Waals surface area contributed by atoms with Crippen LogP contribution in [0.1, 0.15) is 59.7 Å². The topological polar surface area (TPSA) is 93.1 Å². The van der Waals surface area contributed by atoms with E-state index in [9.17, 15) is 18.8 Å². The van der Waals surface area contributed by atoms with Gasteiger partial charge in [0.25, 0.3) is 17.6 Å².